The summed E-state index contributed by atoms with van der Waals surface area (Å²) in [6.07, 6.45) is 9.86. The van der Waals surface area contributed by atoms with Gasteiger partial charge in [0.05, 0.1) is 0 Å². The fourth-order valence-corrected chi connectivity index (χ4v) is 2.43. The van der Waals surface area contributed by atoms with Crippen LogP contribution < -0.4 is 5.32 Å². The second-order valence-corrected chi connectivity index (χ2v) is 4.82. The van der Waals surface area contributed by atoms with E-state index in [1.54, 1.807) is 6.33 Å². The van der Waals surface area contributed by atoms with E-state index in [2.05, 4.69) is 15.5 Å². The Balaban J connectivity index is 1.59. The Morgan fingerprint density at radius 3 is 2.88 bits per heavy atom. The number of hydrogen-bond acceptors (Lipinski definition) is 3. The standard InChI is InChI=1S/C12H22N4/c1-16-10-14-15-12(16)7-8-13-9-11-5-3-2-4-6-11/h10-11,13H,2-9H2,1H3. The fourth-order valence-electron chi connectivity index (χ4n) is 2.43. The lowest BCUT2D eigenvalue weighted by Crippen LogP contribution is -2.26. The summed E-state index contributed by atoms with van der Waals surface area (Å²) in [5.74, 6) is 1.98. The molecule has 1 saturated carbocycles. The van der Waals surface area contributed by atoms with Crippen molar-refractivity contribution in [1.29, 1.82) is 0 Å². The van der Waals surface area contributed by atoms with Crippen LogP contribution in [-0.4, -0.2) is 27.9 Å². The molecule has 1 aliphatic rings. The Morgan fingerprint density at radius 1 is 1.38 bits per heavy atom. The van der Waals surface area contributed by atoms with Gasteiger partial charge < -0.3 is 9.88 Å². The van der Waals surface area contributed by atoms with Gasteiger partial charge in [-0.1, -0.05) is 19.3 Å². The lowest BCUT2D eigenvalue weighted by atomic mass is 9.89. The Labute approximate surface area is 97.5 Å². The molecule has 2 rings (SSSR count). The quantitative estimate of drug-likeness (QED) is 0.768. The van der Waals surface area contributed by atoms with Gasteiger partial charge in [-0.2, -0.15) is 0 Å². The first-order valence-corrected chi connectivity index (χ1v) is 6.40. The highest BCUT2D eigenvalue weighted by Crippen LogP contribution is 2.22. The van der Waals surface area contributed by atoms with Crippen molar-refractivity contribution in [2.24, 2.45) is 13.0 Å². The number of hydrogen-bond donors (Lipinski definition) is 1. The van der Waals surface area contributed by atoms with Crippen molar-refractivity contribution in [2.45, 2.75) is 38.5 Å². The van der Waals surface area contributed by atoms with E-state index < -0.39 is 0 Å². The molecular weight excluding hydrogens is 200 g/mol. The highest BCUT2D eigenvalue weighted by Gasteiger charge is 2.12. The smallest absolute Gasteiger partial charge is 0.133 e. The summed E-state index contributed by atoms with van der Waals surface area (Å²) in [7, 11) is 2.00. The molecule has 90 valence electrons. The van der Waals surface area contributed by atoms with Crippen molar-refractivity contribution < 1.29 is 0 Å². The van der Waals surface area contributed by atoms with Gasteiger partial charge in [-0.25, -0.2) is 0 Å². The van der Waals surface area contributed by atoms with Crippen LogP contribution in [0.3, 0.4) is 0 Å². The molecule has 0 amide bonds. The van der Waals surface area contributed by atoms with Crippen LogP contribution in [0.1, 0.15) is 37.9 Å². The Hall–Kier alpha value is -0.900. The molecule has 0 aromatic carbocycles. The first-order chi connectivity index (χ1) is 7.86. The third-order valence-electron chi connectivity index (χ3n) is 3.49. The molecule has 0 saturated heterocycles. The second-order valence-electron chi connectivity index (χ2n) is 4.82. The van der Waals surface area contributed by atoms with Crippen LogP contribution in [0.25, 0.3) is 0 Å². The van der Waals surface area contributed by atoms with E-state index in [-0.39, 0.29) is 0 Å². The zero-order valence-corrected chi connectivity index (χ0v) is 10.2. The molecule has 1 N–H and O–H groups in total. The van der Waals surface area contributed by atoms with Crippen molar-refractivity contribution in [3.8, 4) is 0 Å². The normalized spacial score (nSPS) is 17.8. The van der Waals surface area contributed by atoms with Gasteiger partial charge in [-0.05, 0) is 25.3 Å². The van der Waals surface area contributed by atoms with Crippen molar-refractivity contribution in [3.05, 3.63) is 12.2 Å². The number of nitrogens with zero attached hydrogens (tertiary/aromatic N) is 3. The summed E-state index contributed by atoms with van der Waals surface area (Å²) in [5.41, 5.74) is 0. The second kappa shape index (κ2) is 5.99. The summed E-state index contributed by atoms with van der Waals surface area (Å²) >= 11 is 0. The summed E-state index contributed by atoms with van der Waals surface area (Å²) in [6.45, 7) is 2.20. The van der Waals surface area contributed by atoms with Crippen LogP contribution in [0, 0.1) is 5.92 Å². The van der Waals surface area contributed by atoms with E-state index in [1.165, 1.54) is 38.6 Å². The largest absolute Gasteiger partial charge is 0.321 e. The molecule has 0 aliphatic heterocycles. The number of rotatable bonds is 5. The summed E-state index contributed by atoms with van der Waals surface area (Å²) in [5, 5.41) is 11.5. The van der Waals surface area contributed by atoms with E-state index in [1.807, 2.05) is 11.6 Å². The van der Waals surface area contributed by atoms with E-state index >= 15 is 0 Å². The third kappa shape index (κ3) is 3.30. The minimum absolute atomic E-state index is 0.910. The van der Waals surface area contributed by atoms with Crippen LogP contribution in [0.2, 0.25) is 0 Å². The Kier molecular flexibility index (Phi) is 4.34. The predicted molar refractivity (Wildman–Crippen MR) is 64.2 cm³/mol. The molecule has 1 aromatic rings. The molecule has 0 bridgehead atoms. The van der Waals surface area contributed by atoms with E-state index in [0.29, 0.717) is 0 Å². The first kappa shape index (κ1) is 11.6. The molecule has 0 unspecified atom stereocenters. The van der Waals surface area contributed by atoms with Gasteiger partial charge in [0.1, 0.15) is 12.2 Å². The molecule has 4 heteroatoms. The Bertz CT molecular complexity index is 302. The van der Waals surface area contributed by atoms with Crippen molar-refractivity contribution in [1.82, 2.24) is 20.1 Å². The van der Waals surface area contributed by atoms with Gasteiger partial charge in [0.25, 0.3) is 0 Å². The van der Waals surface area contributed by atoms with Crippen molar-refractivity contribution >= 4 is 0 Å². The van der Waals surface area contributed by atoms with Gasteiger partial charge in [0.15, 0.2) is 0 Å². The fraction of sp³-hybridized carbons (Fsp3) is 0.833. The highest BCUT2D eigenvalue weighted by molar-refractivity contribution is 4.84. The molecule has 0 radical (unpaired) electrons. The molecule has 0 atom stereocenters. The topological polar surface area (TPSA) is 42.7 Å². The van der Waals surface area contributed by atoms with Crippen molar-refractivity contribution in [3.63, 3.8) is 0 Å². The zero-order valence-electron chi connectivity index (χ0n) is 10.2. The summed E-state index contributed by atoms with van der Waals surface area (Å²) in [6, 6.07) is 0. The maximum atomic E-state index is 4.07. The maximum absolute atomic E-state index is 4.07. The molecule has 1 aliphatic carbocycles. The maximum Gasteiger partial charge on any atom is 0.133 e. The number of nitrogens with one attached hydrogen (secondary N) is 1. The van der Waals surface area contributed by atoms with E-state index in [4.69, 9.17) is 0 Å². The van der Waals surface area contributed by atoms with Gasteiger partial charge in [0, 0.05) is 20.0 Å². The number of aromatic nitrogens is 3. The minimum Gasteiger partial charge on any atom is -0.321 e. The minimum atomic E-state index is 0.910. The molecule has 4 nitrogen and oxygen atoms in total. The van der Waals surface area contributed by atoms with Gasteiger partial charge in [-0.15, -0.1) is 10.2 Å². The van der Waals surface area contributed by atoms with Crippen molar-refractivity contribution in [2.75, 3.05) is 13.1 Å². The molecule has 16 heavy (non-hydrogen) atoms. The average Bonchev–Trinajstić information content (AvgIpc) is 2.72. The molecule has 1 aromatic heterocycles. The first-order valence-electron chi connectivity index (χ1n) is 6.40. The van der Waals surface area contributed by atoms with Crippen LogP contribution in [0.5, 0.6) is 0 Å². The number of aryl methyl sites for hydroxylation is 1. The zero-order chi connectivity index (χ0) is 11.2. The van der Waals surface area contributed by atoms with Crippen LogP contribution >= 0.6 is 0 Å². The van der Waals surface area contributed by atoms with Crippen LogP contribution in [0.4, 0.5) is 0 Å². The monoisotopic (exact) mass is 222 g/mol. The molecule has 1 heterocycles. The third-order valence-corrected chi connectivity index (χ3v) is 3.49. The summed E-state index contributed by atoms with van der Waals surface area (Å²) in [4.78, 5) is 0. The lowest BCUT2D eigenvalue weighted by Gasteiger charge is -2.21. The average molecular weight is 222 g/mol. The predicted octanol–water partition coefficient (Wildman–Crippen LogP) is 1.53. The van der Waals surface area contributed by atoms with E-state index in [9.17, 15) is 0 Å². The highest BCUT2D eigenvalue weighted by atomic mass is 15.2. The van der Waals surface area contributed by atoms with Gasteiger partial charge >= 0.3 is 0 Å². The Morgan fingerprint density at radius 2 is 2.19 bits per heavy atom. The lowest BCUT2D eigenvalue weighted by molar-refractivity contribution is 0.343. The van der Waals surface area contributed by atoms with Gasteiger partial charge in [0.2, 0.25) is 0 Å². The van der Waals surface area contributed by atoms with Gasteiger partial charge in [-0.3, -0.25) is 0 Å². The SMILES string of the molecule is Cn1cnnc1CCNCC1CCCCC1. The molecule has 1 fully saturated rings. The van der Waals surface area contributed by atoms with Crippen LogP contribution in [-0.2, 0) is 13.5 Å². The summed E-state index contributed by atoms with van der Waals surface area (Å²) < 4.78 is 1.99. The molecular formula is C12H22N4. The molecule has 0 spiro atoms. The van der Waals surface area contributed by atoms with E-state index in [0.717, 1.165) is 24.7 Å². The van der Waals surface area contributed by atoms with Crippen LogP contribution in [0.15, 0.2) is 6.33 Å².